The summed E-state index contributed by atoms with van der Waals surface area (Å²) in [6.07, 6.45) is 1.69. The van der Waals surface area contributed by atoms with Gasteiger partial charge >= 0.3 is 5.97 Å². The highest BCUT2D eigenvalue weighted by molar-refractivity contribution is 5.92. The van der Waals surface area contributed by atoms with Crippen molar-refractivity contribution in [2.45, 2.75) is 27.4 Å². The summed E-state index contributed by atoms with van der Waals surface area (Å²) in [5.74, 6) is -0.376. The van der Waals surface area contributed by atoms with Gasteiger partial charge in [-0.15, -0.1) is 0 Å². The van der Waals surface area contributed by atoms with Crippen molar-refractivity contribution in [1.82, 2.24) is 4.98 Å². The Bertz CT molecular complexity index is 651. The fourth-order valence-corrected chi connectivity index (χ4v) is 1.97. The normalized spacial score (nSPS) is 10.3. The van der Waals surface area contributed by atoms with Crippen molar-refractivity contribution in [3.63, 3.8) is 0 Å². The molecule has 0 saturated heterocycles. The molecule has 0 unspecified atom stereocenters. The lowest BCUT2D eigenvalue weighted by Crippen LogP contribution is -2.09. The summed E-state index contributed by atoms with van der Waals surface area (Å²) in [7, 11) is 0. The zero-order valence-electron chi connectivity index (χ0n) is 11.9. The molecule has 2 N–H and O–H groups in total. The summed E-state index contributed by atoms with van der Waals surface area (Å²) in [4.78, 5) is 16.3. The Hall–Kier alpha value is -2.36. The van der Waals surface area contributed by atoms with Gasteiger partial charge < -0.3 is 10.5 Å². The minimum absolute atomic E-state index is 0.165. The number of anilines is 1. The van der Waals surface area contributed by atoms with Gasteiger partial charge in [-0.25, -0.2) is 4.79 Å². The number of rotatable bonds is 3. The number of aromatic nitrogens is 1. The van der Waals surface area contributed by atoms with Crippen molar-refractivity contribution in [2.75, 3.05) is 5.73 Å². The third-order valence-corrected chi connectivity index (χ3v) is 3.29. The average Bonchev–Trinajstić information content (AvgIpc) is 2.41. The van der Waals surface area contributed by atoms with E-state index < -0.39 is 0 Å². The fraction of sp³-hybridized carbons (Fsp3) is 0.250. The quantitative estimate of drug-likeness (QED) is 0.688. The second-order valence-corrected chi connectivity index (χ2v) is 4.87. The molecular formula is C16H18N2O2. The number of nitrogens with zero attached hydrogens (tertiary/aromatic N) is 1. The first-order valence-electron chi connectivity index (χ1n) is 6.43. The zero-order chi connectivity index (χ0) is 14.7. The molecule has 1 heterocycles. The summed E-state index contributed by atoms with van der Waals surface area (Å²) in [5, 5.41) is 0. The Morgan fingerprint density at radius 3 is 2.65 bits per heavy atom. The molecule has 0 fully saturated rings. The maximum Gasteiger partial charge on any atom is 0.338 e. The van der Waals surface area contributed by atoms with Crippen LogP contribution in [0.1, 0.15) is 32.7 Å². The molecule has 0 radical (unpaired) electrons. The lowest BCUT2D eigenvalue weighted by molar-refractivity contribution is 0.0466. The number of nitrogen functional groups attached to an aromatic ring is 1. The van der Waals surface area contributed by atoms with Gasteiger partial charge in [0.15, 0.2) is 0 Å². The predicted octanol–water partition coefficient (Wildman–Crippen LogP) is 2.95. The van der Waals surface area contributed by atoms with E-state index in [9.17, 15) is 4.79 Å². The van der Waals surface area contributed by atoms with Crippen molar-refractivity contribution in [3.8, 4) is 0 Å². The van der Waals surface area contributed by atoms with Crippen LogP contribution in [0.4, 0.5) is 5.69 Å². The van der Waals surface area contributed by atoms with Crippen molar-refractivity contribution < 1.29 is 9.53 Å². The molecule has 2 aromatic rings. The third-order valence-electron chi connectivity index (χ3n) is 3.29. The molecule has 104 valence electrons. The first kappa shape index (κ1) is 14.1. The number of carbonyl (C=O) groups excluding carboxylic acids is 1. The molecule has 0 atom stereocenters. The molecule has 4 nitrogen and oxygen atoms in total. The van der Waals surface area contributed by atoms with Crippen LogP contribution in [-0.2, 0) is 11.3 Å². The largest absolute Gasteiger partial charge is 0.456 e. The Kier molecular flexibility index (Phi) is 4.03. The summed E-state index contributed by atoms with van der Waals surface area (Å²) < 4.78 is 5.31. The molecule has 0 bridgehead atoms. The molecule has 0 aliphatic rings. The van der Waals surface area contributed by atoms with E-state index in [1.165, 1.54) is 0 Å². The maximum atomic E-state index is 12.1. The van der Waals surface area contributed by atoms with Gasteiger partial charge in [0.05, 0.1) is 11.3 Å². The molecule has 0 aliphatic carbocycles. The highest BCUT2D eigenvalue weighted by atomic mass is 16.5. The van der Waals surface area contributed by atoms with Gasteiger partial charge in [0.25, 0.3) is 0 Å². The first-order valence-corrected chi connectivity index (χ1v) is 6.43. The summed E-state index contributed by atoms with van der Waals surface area (Å²) >= 11 is 0. The molecule has 0 amide bonds. The highest BCUT2D eigenvalue weighted by Gasteiger charge is 2.13. The number of nitrogens with two attached hydrogens (primary N) is 1. The van der Waals surface area contributed by atoms with Crippen LogP contribution in [0.25, 0.3) is 0 Å². The standard InChI is InChI=1S/C16H18N2O2/c1-10-5-4-6-18-15(10)9-20-16(19)13-8-14(17)12(3)7-11(13)2/h4-8H,9,17H2,1-3H3. The van der Waals surface area contributed by atoms with E-state index >= 15 is 0 Å². The molecule has 20 heavy (non-hydrogen) atoms. The third kappa shape index (κ3) is 2.96. The Morgan fingerprint density at radius 1 is 1.20 bits per heavy atom. The highest BCUT2D eigenvalue weighted by Crippen LogP contribution is 2.19. The number of hydrogen-bond donors (Lipinski definition) is 1. The van der Waals surface area contributed by atoms with Crippen LogP contribution in [0.3, 0.4) is 0 Å². The van der Waals surface area contributed by atoms with Gasteiger partial charge in [0.1, 0.15) is 6.61 Å². The van der Waals surface area contributed by atoms with Crippen molar-refractivity contribution in [3.05, 3.63) is 58.4 Å². The number of aryl methyl sites for hydroxylation is 3. The van der Waals surface area contributed by atoms with E-state index in [2.05, 4.69) is 4.98 Å². The molecular weight excluding hydrogens is 252 g/mol. The van der Waals surface area contributed by atoms with Crippen LogP contribution in [0, 0.1) is 20.8 Å². The molecule has 1 aromatic heterocycles. The van der Waals surface area contributed by atoms with Crippen molar-refractivity contribution in [1.29, 1.82) is 0 Å². The van der Waals surface area contributed by atoms with Gasteiger partial charge in [0.2, 0.25) is 0 Å². The molecule has 0 spiro atoms. The Morgan fingerprint density at radius 2 is 1.95 bits per heavy atom. The zero-order valence-corrected chi connectivity index (χ0v) is 11.9. The van der Waals surface area contributed by atoms with Crippen LogP contribution in [0.15, 0.2) is 30.5 Å². The fourth-order valence-electron chi connectivity index (χ4n) is 1.97. The average molecular weight is 270 g/mol. The van der Waals surface area contributed by atoms with Crippen LogP contribution in [0.5, 0.6) is 0 Å². The lowest BCUT2D eigenvalue weighted by atomic mass is 10.0. The minimum Gasteiger partial charge on any atom is -0.456 e. The van der Waals surface area contributed by atoms with Crippen LogP contribution < -0.4 is 5.73 Å². The van der Waals surface area contributed by atoms with Crippen molar-refractivity contribution >= 4 is 11.7 Å². The van der Waals surface area contributed by atoms with Gasteiger partial charge in [-0.05, 0) is 49.6 Å². The molecule has 4 heteroatoms. The summed E-state index contributed by atoms with van der Waals surface area (Å²) in [6.45, 7) is 5.88. The maximum absolute atomic E-state index is 12.1. The monoisotopic (exact) mass is 270 g/mol. The van der Waals surface area contributed by atoms with Crippen LogP contribution in [-0.4, -0.2) is 11.0 Å². The first-order chi connectivity index (χ1) is 9.49. The van der Waals surface area contributed by atoms with E-state index in [1.807, 2.05) is 39.0 Å². The summed E-state index contributed by atoms with van der Waals surface area (Å²) in [6, 6.07) is 7.34. The number of ether oxygens (including phenoxy) is 1. The number of benzene rings is 1. The second-order valence-electron chi connectivity index (χ2n) is 4.87. The minimum atomic E-state index is -0.376. The van der Waals surface area contributed by atoms with E-state index in [4.69, 9.17) is 10.5 Å². The Balaban J connectivity index is 2.13. The van der Waals surface area contributed by atoms with Gasteiger partial charge in [-0.3, -0.25) is 4.98 Å². The Labute approximate surface area is 118 Å². The SMILES string of the molecule is Cc1cc(C)c(C(=O)OCc2ncccc2C)cc1N. The number of carbonyl (C=O) groups is 1. The molecule has 0 aliphatic heterocycles. The smallest absolute Gasteiger partial charge is 0.338 e. The van der Waals surface area contributed by atoms with E-state index in [1.54, 1.807) is 12.3 Å². The predicted molar refractivity (Wildman–Crippen MR) is 78.4 cm³/mol. The molecule has 1 aromatic carbocycles. The van der Waals surface area contributed by atoms with E-state index in [0.717, 1.165) is 22.4 Å². The lowest BCUT2D eigenvalue weighted by Gasteiger charge is -2.10. The van der Waals surface area contributed by atoms with Crippen LogP contribution >= 0.6 is 0 Å². The topological polar surface area (TPSA) is 65.2 Å². The van der Waals surface area contributed by atoms with Crippen LogP contribution in [0.2, 0.25) is 0 Å². The van der Waals surface area contributed by atoms with Gasteiger partial charge in [0, 0.05) is 11.9 Å². The number of pyridine rings is 1. The van der Waals surface area contributed by atoms with Crippen molar-refractivity contribution in [2.24, 2.45) is 0 Å². The molecule has 0 saturated carbocycles. The van der Waals surface area contributed by atoms with E-state index in [0.29, 0.717) is 11.3 Å². The number of esters is 1. The van der Waals surface area contributed by atoms with Gasteiger partial charge in [-0.1, -0.05) is 12.1 Å². The summed E-state index contributed by atoms with van der Waals surface area (Å²) in [5.41, 5.74) is 10.5. The second kappa shape index (κ2) is 5.74. The van der Waals surface area contributed by atoms with Gasteiger partial charge in [-0.2, -0.15) is 0 Å². The van der Waals surface area contributed by atoms with E-state index in [-0.39, 0.29) is 12.6 Å². The molecule has 2 rings (SSSR count). The number of hydrogen-bond acceptors (Lipinski definition) is 4.